The lowest BCUT2D eigenvalue weighted by atomic mass is 9.95. The van der Waals surface area contributed by atoms with Crippen LogP contribution in [0.2, 0.25) is 0 Å². The number of nitrogens with zero attached hydrogens (tertiary/aromatic N) is 1. The van der Waals surface area contributed by atoms with E-state index in [1.54, 1.807) is 11.3 Å². The van der Waals surface area contributed by atoms with Crippen molar-refractivity contribution in [3.05, 3.63) is 38.5 Å². The van der Waals surface area contributed by atoms with Crippen molar-refractivity contribution in [3.8, 4) is 0 Å². The molecular formula is C13H18N2S2. The van der Waals surface area contributed by atoms with Crippen LogP contribution in [0, 0.1) is 0 Å². The third-order valence-electron chi connectivity index (χ3n) is 2.48. The Labute approximate surface area is 111 Å². The van der Waals surface area contributed by atoms with Crippen LogP contribution in [0.15, 0.2) is 23.8 Å². The Kier molecular flexibility index (Phi) is 3.97. The predicted octanol–water partition coefficient (Wildman–Crippen LogP) is 3.79. The minimum Gasteiger partial charge on any atom is -0.307 e. The van der Waals surface area contributed by atoms with Gasteiger partial charge in [-0.05, 0) is 17.5 Å². The summed E-state index contributed by atoms with van der Waals surface area (Å²) in [5.41, 5.74) is 2.14. The van der Waals surface area contributed by atoms with Gasteiger partial charge >= 0.3 is 0 Å². The van der Waals surface area contributed by atoms with E-state index in [0.29, 0.717) is 0 Å². The van der Waals surface area contributed by atoms with Crippen LogP contribution in [-0.2, 0) is 18.5 Å². The van der Waals surface area contributed by atoms with Crippen LogP contribution in [0.4, 0.5) is 0 Å². The van der Waals surface area contributed by atoms with E-state index in [4.69, 9.17) is 0 Å². The molecule has 0 unspecified atom stereocenters. The van der Waals surface area contributed by atoms with E-state index in [1.807, 2.05) is 23.0 Å². The summed E-state index contributed by atoms with van der Waals surface area (Å²) in [4.78, 5) is 8.21. The number of nitrogens with one attached hydrogen (secondary N) is 1. The first-order chi connectivity index (χ1) is 8.05. The van der Waals surface area contributed by atoms with Gasteiger partial charge in [0, 0.05) is 33.9 Å². The Morgan fingerprint density at radius 2 is 1.94 bits per heavy atom. The second-order valence-corrected chi connectivity index (χ2v) is 7.23. The monoisotopic (exact) mass is 266 g/mol. The number of rotatable bonds is 4. The highest BCUT2D eigenvalue weighted by molar-refractivity contribution is 7.12. The zero-order chi connectivity index (χ0) is 12.3. The Balaban J connectivity index is 1.85. The van der Waals surface area contributed by atoms with Crippen LogP contribution >= 0.6 is 22.7 Å². The number of aromatic nitrogens is 1. The largest absolute Gasteiger partial charge is 0.307 e. The maximum Gasteiger partial charge on any atom is 0.0794 e. The summed E-state index contributed by atoms with van der Waals surface area (Å²) in [5, 5.41) is 3.45. The van der Waals surface area contributed by atoms with Crippen molar-refractivity contribution in [2.24, 2.45) is 0 Å². The SMILES string of the molecule is CC(C)(C)c1ccc(CNCc2cncs2)s1. The molecule has 2 aromatic rings. The van der Waals surface area contributed by atoms with E-state index in [2.05, 4.69) is 43.2 Å². The van der Waals surface area contributed by atoms with E-state index in [9.17, 15) is 0 Å². The summed E-state index contributed by atoms with van der Waals surface area (Å²) in [7, 11) is 0. The molecule has 0 aliphatic heterocycles. The first-order valence-corrected chi connectivity index (χ1v) is 7.42. The zero-order valence-corrected chi connectivity index (χ0v) is 12.1. The number of thiazole rings is 1. The lowest BCUT2D eigenvalue weighted by Crippen LogP contribution is -2.11. The van der Waals surface area contributed by atoms with E-state index in [-0.39, 0.29) is 5.41 Å². The molecule has 1 N–H and O–H groups in total. The van der Waals surface area contributed by atoms with E-state index < -0.39 is 0 Å². The first kappa shape index (κ1) is 12.7. The molecule has 92 valence electrons. The molecule has 0 spiro atoms. The fourth-order valence-corrected chi connectivity index (χ4v) is 3.11. The van der Waals surface area contributed by atoms with Crippen molar-refractivity contribution in [2.45, 2.75) is 39.3 Å². The topological polar surface area (TPSA) is 24.9 Å². The molecular weight excluding hydrogens is 248 g/mol. The van der Waals surface area contributed by atoms with Gasteiger partial charge in [0.15, 0.2) is 0 Å². The van der Waals surface area contributed by atoms with Crippen LogP contribution in [0.3, 0.4) is 0 Å². The van der Waals surface area contributed by atoms with Gasteiger partial charge in [-0.25, -0.2) is 0 Å². The number of hydrogen-bond acceptors (Lipinski definition) is 4. The number of hydrogen-bond donors (Lipinski definition) is 1. The van der Waals surface area contributed by atoms with Crippen LogP contribution in [0.25, 0.3) is 0 Å². The normalized spacial score (nSPS) is 11.9. The molecule has 2 heterocycles. The van der Waals surface area contributed by atoms with Gasteiger partial charge in [0.05, 0.1) is 5.51 Å². The minimum atomic E-state index is 0.264. The molecule has 4 heteroatoms. The van der Waals surface area contributed by atoms with Crippen molar-refractivity contribution in [1.29, 1.82) is 0 Å². The third kappa shape index (κ3) is 3.63. The average Bonchev–Trinajstić information content (AvgIpc) is 2.86. The molecule has 0 aliphatic carbocycles. The first-order valence-electron chi connectivity index (χ1n) is 5.73. The predicted molar refractivity (Wildman–Crippen MR) is 75.7 cm³/mol. The summed E-state index contributed by atoms with van der Waals surface area (Å²) in [6.45, 7) is 8.63. The van der Waals surface area contributed by atoms with Crippen molar-refractivity contribution in [1.82, 2.24) is 10.3 Å². The van der Waals surface area contributed by atoms with Gasteiger partial charge < -0.3 is 5.32 Å². The second kappa shape index (κ2) is 5.29. The highest BCUT2D eigenvalue weighted by Gasteiger charge is 2.15. The molecule has 0 saturated carbocycles. The Hall–Kier alpha value is -0.710. The standard InChI is InChI=1S/C13H18N2S2/c1-13(2,3)12-5-4-10(17-12)6-14-7-11-8-15-9-16-11/h4-5,8-9,14H,6-7H2,1-3H3. The molecule has 0 fully saturated rings. The van der Waals surface area contributed by atoms with Crippen LogP contribution < -0.4 is 5.32 Å². The lowest BCUT2D eigenvalue weighted by molar-refractivity contribution is 0.604. The molecule has 2 nitrogen and oxygen atoms in total. The summed E-state index contributed by atoms with van der Waals surface area (Å²) in [6, 6.07) is 4.47. The van der Waals surface area contributed by atoms with Gasteiger partial charge in [-0.1, -0.05) is 20.8 Å². The Morgan fingerprint density at radius 1 is 1.18 bits per heavy atom. The summed E-state index contributed by atoms with van der Waals surface area (Å²) in [5.74, 6) is 0. The van der Waals surface area contributed by atoms with Crippen LogP contribution in [0.5, 0.6) is 0 Å². The van der Waals surface area contributed by atoms with Crippen LogP contribution in [-0.4, -0.2) is 4.98 Å². The van der Waals surface area contributed by atoms with E-state index in [0.717, 1.165) is 13.1 Å². The van der Waals surface area contributed by atoms with E-state index >= 15 is 0 Å². The molecule has 0 amide bonds. The second-order valence-electron chi connectivity index (χ2n) is 5.09. The summed E-state index contributed by atoms with van der Waals surface area (Å²) >= 11 is 3.60. The zero-order valence-electron chi connectivity index (χ0n) is 10.5. The van der Waals surface area contributed by atoms with E-state index in [1.165, 1.54) is 14.6 Å². The molecule has 0 saturated heterocycles. The number of thiophene rings is 1. The highest BCUT2D eigenvalue weighted by Crippen LogP contribution is 2.29. The summed E-state index contributed by atoms with van der Waals surface area (Å²) in [6.07, 6.45) is 1.92. The lowest BCUT2D eigenvalue weighted by Gasteiger charge is -2.15. The fourth-order valence-electron chi connectivity index (χ4n) is 1.51. The van der Waals surface area contributed by atoms with Gasteiger partial charge in [-0.3, -0.25) is 4.98 Å². The molecule has 17 heavy (non-hydrogen) atoms. The van der Waals surface area contributed by atoms with Crippen molar-refractivity contribution >= 4 is 22.7 Å². The Bertz CT molecular complexity index is 452. The molecule has 0 bridgehead atoms. The maximum atomic E-state index is 4.07. The van der Waals surface area contributed by atoms with Gasteiger partial charge in [0.2, 0.25) is 0 Å². The molecule has 0 atom stereocenters. The smallest absolute Gasteiger partial charge is 0.0794 e. The minimum absolute atomic E-state index is 0.264. The highest BCUT2D eigenvalue weighted by atomic mass is 32.1. The van der Waals surface area contributed by atoms with Gasteiger partial charge in [0.25, 0.3) is 0 Å². The van der Waals surface area contributed by atoms with Crippen LogP contribution in [0.1, 0.15) is 35.4 Å². The van der Waals surface area contributed by atoms with Gasteiger partial charge in [0.1, 0.15) is 0 Å². The van der Waals surface area contributed by atoms with Gasteiger partial charge in [-0.2, -0.15) is 0 Å². The average molecular weight is 266 g/mol. The van der Waals surface area contributed by atoms with Crippen molar-refractivity contribution in [2.75, 3.05) is 0 Å². The molecule has 0 aromatic carbocycles. The fraction of sp³-hybridized carbons (Fsp3) is 0.462. The molecule has 0 radical (unpaired) electrons. The molecule has 2 rings (SSSR count). The third-order valence-corrected chi connectivity index (χ3v) is 4.77. The maximum absolute atomic E-state index is 4.07. The van der Waals surface area contributed by atoms with Gasteiger partial charge in [-0.15, -0.1) is 22.7 Å². The van der Waals surface area contributed by atoms with Crippen molar-refractivity contribution < 1.29 is 0 Å². The quantitative estimate of drug-likeness (QED) is 0.910. The molecule has 2 aromatic heterocycles. The molecule has 0 aliphatic rings. The Morgan fingerprint density at radius 3 is 2.53 bits per heavy atom. The summed E-state index contributed by atoms with van der Waals surface area (Å²) < 4.78 is 0. The van der Waals surface area contributed by atoms with Crippen molar-refractivity contribution in [3.63, 3.8) is 0 Å².